The molecule has 0 radical (unpaired) electrons. The number of benzene rings is 1. The molecule has 0 aliphatic carbocycles. The third kappa shape index (κ3) is 4.59. The van der Waals surface area contributed by atoms with Gasteiger partial charge in [-0.2, -0.15) is 0 Å². The smallest absolute Gasteiger partial charge is 0.250 e. The summed E-state index contributed by atoms with van der Waals surface area (Å²) in [6.07, 6.45) is 1.64. The molecule has 1 saturated heterocycles. The van der Waals surface area contributed by atoms with Gasteiger partial charge in [0.25, 0.3) is 0 Å². The predicted octanol–water partition coefficient (Wildman–Crippen LogP) is 2.19. The predicted molar refractivity (Wildman–Crippen MR) is 86.0 cm³/mol. The van der Waals surface area contributed by atoms with Crippen LogP contribution in [0.3, 0.4) is 0 Å². The second kappa shape index (κ2) is 7.64. The van der Waals surface area contributed by atoms with Crippen molar-refractivity contribution in [3.05, 3.63) is 28.8 Å². The maximum absolute atomic E-state index is 12.2. The van der Waals surface area contributed by atoms with Gasteiger partial charge in [-0.3, -0.25) is 9.59 Å². The number of halogens is 2. The second-order valence-corrected chi connectivity index (χ2v) is 5.53. The van der Waals surface area contributed by atoms with Gasteiger partial charge in [0.15, 0.2) is 0 Å². The minimum absolute atomic E-state index is 0. The van der Waals surface area contributed by atoms with Crippen molar-refractivity contribution in [2.24, 2.45) is 11.7 Å². The van der Waals surface area contributed by atoms with Gasteiger partial charge in [0.2, 0.25) is 11.8 Å². The van der Waals surface area contributed by atoms with Crippen molar-refractivity contribution in [3.63, 3.8) is 0 Å². The number of nitrogens with two attached hydrogens (primary N) is 1. The lowest BCUT2D eigenvalue weighted by atomic mass is 9.92. The number of carbonyl (C=O) groups excluding carboxylic acids is 2. The van der Waals surface area contributed by atoms with Gasteiger partial charge in [-0.15, -0.1) is 12.4 Å². The van der Waals surface area contributed by atoms with Gasteiger partial charge >= 0.3 is 0 Å². The summed E-state index contributed by atoms with van der Waals surface area (Å²) >= 11 is 5.95. The van der Waals surface area contributed by atoms with E-state index in [9.17, 15) is 9.59 Å². The van der Waals surface area contributed by atoms with E-state index < -0.39 is 5.91 Å². The lowest BCUT2D eigenvalue weighted by molar-refractivity contribution is -0.120. The molecule has 2 amide bonds. The van der Waals surface area contributed by atoms with E-state index in [-0.39, 0.29) is 34.8 Å². The minimum atomic E-state index is -0.583. The number of anilines is 1. The van der Waals surface area contributed by atoms with E-state index in [1.165, 1.54) is 6.07 Å². The first-order chi connectivity index (χ1) is 9.47. The number of piperidine rings is 1. The molecule has 0 unspecified atom stereocenters. The highest BCUT2D eigenvalue weighted by Gasteiger charge is 2.24. The van der Waals surface area contributed by atoms with Crippen LogP contribution in [-0.4, -0.2) is 24.4 Å². The van der Waals surface area contributed by atoms with E-state index in [4.69, 9.17) is 17.3 Å². The van der Waals surface area contributed by atoms with Gasteiger partial charge in [0.1, 0.15) is 0 Å². The highest BCUT2D eigenvalue weighted by Crippen LogP contribution is 2.23. The van der Waals surface area contributed by atoms with Crippen LogP contribution in [0.4, 0.5) is 5.69 Å². The molecule has 2 rings (SSSR count). The Kier molecular flexibility index (Phi) is 6.45. The normalized spacial score (nSPS) is 21.2. The van der Waals surface area contributed by atoms with Crippen LogP contribution in [0.15, 0.2) is 18.2 Å². The van der Waals surface area contributed by atoms with Gasteiger partial charge in [0, 0.05) is 17.6 Å². The standard InChI is InChI=1S/C14H18ClN3O2.ClH/c1-8-6-9(4-5-17-8)14(20)18-10-2-3-11(13(16)19)12(15)7-10;/h2-3,7-9,17H,4-6H2,1H3,(H2,16,19)(H,18,20);1H/t8-,9-;/m0./s1. The summed E-state index contributed by atoms with van der Waals surface area (Å²) in [7, 11) is 0. The lowest BCUT2D eigenvalue weighted by Gasteiger charge is -2.27. The third-order valence-electron chi connectivity index (χ3n) is 3.50. The topological polar surface area (TPSA) is 84.2 Å². The molecule has 0 spiro atoms. The summed E-state index contributed by atoms with van der Waals surface area (Å²) in [4.78, 5) is 23.3. The summed E-state index contributed by atoms with van der Waals surface area (Å²) in [6, 6.07) is 5.05. The first kappa shape index (κ1) is 17.8. The van der Waals surface area contributed by atoms with Crippen molar-refractivity contribution < 1.29 is 9.59 Å². The molecule has 0 bridgehead atoms. The highest BCUT2D eigenvalue weighted by atomic mass is 35.5. The number of hydrogen-bond acceptors (Lipinski definition) is 3. The van der Waals surface area contributed by atoms with Crippen LogP contribution in [-0.2, 0) is 4.79 Å². The van der Waals surface area contributed by atoms with E-state index in [1.54, 1.807) is 12.1 Å². The molecule has 116 valence electrons. The average molecular weight is 332 g/mol. The Morgan fingerprint density at radius 3 is 2.71 bits per heavy atom. The Morgan fingerprint density at radius 1 is 1.43 bits per heavy atom. The van der Waals surface area contributed by atoms with Gasteiger partial charge in [-0.25, -0.2) is 0 Å². The zero-order chi connectivity index (χ0) is 14.7. The van der Waals surface area contributed by atoms with Crippen LogP contribution in [0, 0.1) is 5.92 Å². The van der Waals surface area contributed by atoms with Gasteiger partial charge in [-0.05, 0) is 44.5 Å². The van der Waals surface area contributed by atoms with Gasteiger partial charge < -0.3 is 16.4 Å². The monoisotopic (exact) mass is 331 g/mol. The number of rotatable bonds is 3. The zero-order valence-electron chi connectivity index (χ0n) is 11.7. The van der Waals surface area contributed by atoms with Gasteiger partial charge in [0.05, 0.1) is 10.6 Å². The molecule has 4 N–H and O–H groups in total. The Hall–Kier alpha value is -1.30. The first-order valence-electron chi connectivity index (χ1n) is 6.61. The van der Waals surface area contributed by atoms with Crippen LogP contribution in [0.1, 0.15) is 30.1 Å². The quantitative estimate of drug-likeness (QED) is 0.793. The minimum Gasteiger partial charge on any atom is -0.366 e. The molecule has 2 atom stereocenters. The fraction of sp³-hybridized carbons (Fsp3) is 0.429. The summed E-state index contributed by atoms with van der Waals surface area (Å²) in [5.41, 5.74) is 6.01. The second-order valence-electron chi connectivity index (χ2n) is 5.12. The van der Waals surface area contributed by atoms with E-state index >= 15 is 0 Å². The Bertz CT molecular complexity index is 537. The Labute approximate surface area is 135 Å². The number of carbonyl (C=O) groups is 2. The average Bonchev–Trinajstić information content (AvgIpc) is 2.38. The maximum atomic E-state index is 12.2. The van der Waals surface area contributed by atoms with Crippen molar-refractivity contribution in [3.8, 4) is 0 Å². The van der Waals surface area contributed by atoms with Crippen LogP contribution in [0.25, 0.3) is 0 Å². The van der Waals surface area contributed by atoms with E-state index in [1.807, 2.05) is 0 Å². The fourth-order valence-electron chi connectivity index (χ4n) is 2.41. The van der Waals surface area contributed by atoms with Crippen molar-refractivity contribution in [1.82, 2.24) is 5.32 Å². The van der Waals surface area contributed by atoms with E-state index in [0.717, 1.165) is 19.4 Å². The zero-order valence-corrected chi connectivity index (χ0v) is 13.3. The summed E-state index contributed by atoms with van der Waals surface area (Å²) in [6.45, 7) is 2.92. The number of nitrogens with one attached hydrogen (secondary N) is 2. The summed E-state index contributed by atoms with van der Waals surface area (Å²) < 4.78 is 0. The molecule has 5 nitrogen and oxygen atoms in total. The third-order valence-corrected chi connectivity index (χ3v) is 3.81. The molecule has 0 aromatic heterocycles. The Balaban J connectivity index is 0.00000220. The molecule has 1 fully saturated rings. The first-order valence-corrected chi connectivity index (χ1v) is 6.98. The van der Waals surface area contributed by atoms with Crippen LogP contribution < -0.4 is 16.4 Å². The molecule has 0 saturated carbocycles. The van der Waals surface area contributed by atoms with Gasteiger partial charge in [-0.1, -0.05) is 11.6 Å². The fourth-order valence-corrected chi connectivity index (χ4v) is 2.68. The molecular weight excluding hydrogens is 313 g/mol. The molecule has 1 heterocycles. The molecule has 21 heavy (non-hydrogen) atoms. The van der Waals surface area contributed by atoms with Crippen molar-refractivity contribution in [2.45, 2.75) is 25.8 Å². The maximum Gasteiger partial charge on any atom is 0.250 e. The van der Waals surface area contributed by atoms with Crippen LogP contribution >= 0.6 is 24.0 Å². The van der Waals surface area contributed by atoms with E-state index in [0.29, 0.717) is 11.7 Å². The lowest BCUT2D eigenvalue weighted by Crippen LogP contribution is -2.40. The molecule has 7 heteroatoms. The highest BCUT2D eigenvalue weighted by molar-refractivity contribution is 6.34. The molecule has 1 aliphatic rings. The number of hydrogen-bond donors (Lipinski definition) is 3. The van der Waals surface area contributed by atoms with E-state index in [2.05, 4.69) is 17.6 Å². The number of primary amides is 1. The Morgan fingerprint density at radius 2 is 2.14 bits per heavy atom. The summed E-state index contributed by atoms with van der Waals surface area (Å²) in [5, 5.41) is 6.39. The number of amides is 2. The largest absolute Gasteiger partial charge is 0.366 e. The van der Waals surface area contributed by atoms with Crippen molar-refractivity contribution >= 4 is 41.5 Å². The van der Waals surface area contributed by atoms with Crippen LogP contribution in [0.2, 0.25) is 5.02 Å². The summed E-state index contributed by atoms with van der Waals surface area (Å²) in [5.74, 6) is -0.595. The van der Waals surface area contributed by atoms with Crippen molar-refractivity contribution in [2.75, 3.05) is 11.9 Å². The molecule has 1 aliphatic heterocycles. The molecule has 1 aromatic rings. The van der Waals surface area contributed by atoms with Crippen molar-refractivity contribution in [1.29, 1.82) is 0 Å². The van der Waals surface area contributed by atoms with Crippen LogP contribution in [0.5, 0.6) is 0 Å². The molecular formula is C14H19Cl2N3O2. The molecule has 1 aromatic carbocycles. The SMILES string of the molecule is C[C@H]1C[C@@H](C(=O)Nc2ccc(C(N)=O)c(Cl)c2)CCN1.Cl.